The van der Waals surface area contributed by atoms with Crippen molar-refractivity contribution in [1.82, 2.24) is 4.98 Å². The summed E-state index contributed by atoms with van der Waals surface area (Å²) >= 11 is 1.61. The molecule has 1 aromatic heterocycles. The second-order valence-corrected chi connectivity index (χ2v) is 12.1. The first kappa shape index (κ1) is 31.4. The van der Waals surface area contributed by atoms with Crippen LogP contribution in [0.4, 0.5) is 0 Å². The van der Waals surface area contributed by atoms with Crippen molar-refractivity contribution >= 4 is 11.8 Å². The van der Waals surface area contributed by atoms with Gasteiger partial charge in [0, 0.05) is 12.6 Å². The van der Waals surface area contributed by atoms with E-state index >= 15 is 0 Å². The minimum Gasteiger partial charge on any atom is -0.374 e. The molecule has 0 spiro atoms. The molecule has 4 aromatic rings. The molecule has 0 amide bonds. The van der Waals surface area contributed by atoms with Crippen LogP contribution in [0.3, 0.4) is 0 Å². The Morgan fingerprint density at radius 2 is 1.33 bits per heavy atom. The molecule has 5 atom stereocenters. The lowest BCUT2D eigenvalue weighted by molar-refractivity contribution is -0.283. The van der Waals surface area contributed by atoms with Gasteiger partial charge in [-0.3, -0.25) is 0 Å². The predicted molar refractivity (Wildman–Crippen MR) is 169 cm³/mol. The minimum atomic E-state index is -0.494. The van der Waals surface area contributed by atoms with Crippen LogP contribution < -0.4 is 0 Å². The summed E-state index contributed by atoms with van der Waals surface area (Å²) in [5.74, 6) is 0.235. The molecule has 1 aliphatic rings. The molecule has 0 N–H and O–H groups in total. The van der Waals surface area contributed by atoms with Crippen molar-refractivity contribution in [2.24, 2.45) is 5.92 Å². The van der Waals surface area contributed by atoms with Gasteiger partial charge in [0.05, 0.1) is 37.6 Å². The number of aromatic nitrogens is 1. The minimum absolute atomic E-state index is 0.151. The highest BCUT2D eigenvalue weighted by Crippen LogP contribution is 2.34. The summed E-state index contributed by atoms with van der Waals surface area (Å²) < 4.78 is 32.7. The van der Waals surface area contributed by atoms with Crippen LogP contribution in [-0.2, 0) is 43.5 Å². The summed E-state index contributed by atoms with van der Waals surface area (Å²) in [5.41, 5.74) is 3.16. The van der Waals surface area contributed by atoms with Gasteiger partial charge in [-0.2, -0.15) is 0 Å². The third-order valence-corrected chi connectivity index (χ3v) is 8.55. The molecule has 5 rings (SSSR count). The zero-order valence-electron chi connectivity index (χ0n) is 24.9. The second-order valence-electron chi connectivity index (χ2n) is 11.0. The van der Waals surface area contributed by atoms with Crippen LogP contribution in [0.2, 0.25) is 0 Å². The van der Waals surface area contributed by atoms with Gasteiger partial charge in [-0.25, -0.2) is 4.98 Å². The monoisotopic (exact) mass is 599 g/mol. The molecule has 1 fully saturated rings. The first-order chi connectivity index (χ1) is 21.1. The van der Waals surface area contributed by atoms with Crippen molar-refractivity contribution in [3.8, 4) is 0 Å². The largest absolute Gasteiger partial charge is 0.374 e. The Hall–Kier alpha value is -3.04. The number of hydrogen-bond donors (Lipinski definition) is 0. The molecule has 2 heterocycles. The molecule has 0 radical (unpaired) electrons. The smallest absolute Gasteiger partial charge is 0.162 e. The molecule has 0 bridgehead atoms. The number of ether oxygens (including phenoxy) is 5. The van der Waals surface area contributed by atoms with Gasteiger partial charge in [0.15, 0.2) is 6.29 Å². The molecule has 1 saturated heterocycles. The van der Waals surface area contributed by atoms with Crippen LogP contribution in [-0.4, -0.2) is 41.6 Å². The molecule has 6 nitrogen and oxygen atoms in total. The number of nitrogens with zero attached hydrogens (tertiary/aromatic N) is 1. The molecule has 226 valence electrons. The Bertz CT molecular complexity index is 1310. The van der Waals surface area contributed by atoms with E-state index in [-0.39, 0.29) is 29.7 Å². The van der Waals surface area contributed by atoms with Crippen molar-refractivity contribution in [2.75, 3.05) is 6.61 Å². The van der Waals surface area contributed by atoms with Gasteiger partial charge in [-0.15, -0.1) is 0 Å². The molecule has 0 unspecified atom stereocenters. The Kier molecular flexibility index (Phi) is 12.2. The summed E-state index contributed by atoms with van der Waals surface area (Å²) in [4.78, 5) is 4.50. The topological polar surface area (TPSA) is 59.0 Å². The maximum atomic E-state index is 6.65. The van der Waals surface area contributed by atoms with Gasteiger partial charge >= 0.3 is 0 Å². The summed E-state index contributed by atoms with van der Waals surface area (Å²) in [6, 6.07) is 36.5. The van der Waals surface area contributed by atoms with Gasteiger partial charge in [0.2, 0.25) is 0 Å². The van der Waals surface area contributed by atoms with E-state index in [1.165, 1.54) is 0 Å². The zero-order chi connectivity index (χ0) is 29.7. The van der Waals surface area contributed by atoms with Crippen molar-refractivity contribution in [3.05, 3.63) is 132 Å². The summed E-state index contributed by atoms with van der Waals surface area (Å²) in [6.07, 6.45) is 0.846. The van der Waals surface area contributed by atoms with Crippen molar-refractivity contribution in [3.63, 3.8) is 0 Å². The number of pyridine rings is 1. The first-order valence-electron chi connectivity index (χ1n) is 15.0. The fourth-order valence-corrected chi connectivity index (χ4v) is 5.88. The molecule has 7 heteroatoms. The third-order valence-electron chi connectivity index (χ3n) is 7.17. The number of thioether (sulfide) groups is 1. The van der Waals surface area contributed by atoms with Crippen molar-refractivity contribution in [1.29, 1.82) is 0 Å². The molecular weight excluding hydrogens is 558 g/mol. The van der Waals surface area contributed by atoms with Gasteiger partial charge in [0.25, 0.3) is 0 Å². The maximum Gasteiger partial charge on any atom is 0.162 e. The second kappa shape index (κ2) is 16.7. The fourth-order valence-electron chi connectivity index (χ4n) is 4.91. The Morgan fingerprint density at radius 1 is 0.744 bits per heavy atom. The third kappa shape index (κ3) is 10.00. The SMILES string of the molecule is CC(C)[C@@H](O[C@@H]1C[C@@H](OCc2ccccc2)[C@H](OCc2ccccc2)[C@@H](COCc2ccccc2)O1)Sc1ccccn1. The van der Waals surface area contributed by atoms with Crippen LogP contribution in [0.1, 0.15) is 37.0 Å². The first-order valence-corrected chi connectivity index (χ1v) is 15.8. The van der Waals surface area contributed by atoms with E-state index in [1.807, 2.05) is 72.8 Å². The van der Waals surface area contributed by atoms with Crippen LogP contribution >= 0.6 is 11.8 Å². The van der Waals surface area contributed by atoms with Crippen LogP contribution in [0.15, 0.2) is 120 Å². The molecular formula is C36H41NO5S. The lowest BCUT2D eigenvalue weighted by Gasteiger charge is -2.42. The highest BCUT2D eigenvalue weighted by Gasteiger charge is 2.42. The summed E-state index contributed by atoms with van der Waals surface area (Å²) in [7, 11) is 0. The zero-order valence-corrected chi connectivity index (χ0v) is 25.7. The van der Waals surface area contributed by atoms with E-state index in [2.05, 4.69) is 55.2 Å². The number of hydrogen-bond acceptors (Lipinski definition) is 7. The standard InChI is InChI=1S/C36H41NO5S/c1-27(2)36(43-33-20-12-13-21-37-33)42-34-22-31(39-24-29-16-8-4-9-17-29)35(40-25-30-18-10-5-11-19-30)32(41-34)26-38-23-28-14-6-3-7-15-28/h3-21,27,31-32,34-36H,22-26H2,1-2H3/t31-,32-,34-,35+,36+/m1/s1. The Balaban J connectivity index is 1.34. The van der Waals surface area contributed by atoms with Crippen molar-refractivity contribution in [2.45, 2.75) is 75.2 Å². The van der Waals surface area contributed by atoms with E-state index < -0.39 is 6.29 Å². The van der Waals surface area contributed by atoms with Gasteiger partial charge in [0.1, 0.15) is 17.6 Å². The van der Waals surface area contributed by atoms with Crippen LogP contribution in [0.5, 0.6) is 0 Å². The Labute approximate surface area is 259 Å². The van der Waals surface area contributed by atoms with Gasteiger partial charge in [-0.05, 0) is 34.7 Å². The van der Waals surface area contributed by atoms with E-state index in [1.54, 1.807) is 18.0 Å². The van der Waals surface area contributed by atoms with E-state index in [0.717, 1.165) is 21.7 Å². The predicted octanol–water partition coefficient (Wildman–Crippen LogP) is 7.68. The van der Waals surface area contributed by atoms with E-state index in [9.17, 15) is 0 Å². The highest BCUT2D eigenvalue weighted by molar-refractivity contribution is 7.99. The highest BCUT2D eigenvalue weighted by atomic mass is 32.2. The summed E-state index contributed by atoms with van der Waals surface area (Å²) in [5, 5.41) is 0.917. The molecule has 1 aliphatic heterocycles. The number of benzene rings is 3. The van der Waals surface area contributed by atoms with Gasteiger partial charge < -0.3 is 23.7 Å². The van der Waals surface area contributed by atoms with Crippen LogP contribution in [0, 0.1) is 5.92 Å². The fraction of sp³-hybridized carbons (Fsp3) is 0.361. The summed E-state index contributed by atoms with van der Waals surface area (Å²) in [6.45, 7) is 6.05. The van der Waals surface area contributed by atoms with E-state index in [0.29, 0.717) is 32.8 Å². The molecule has 3 aromatic carbocycles. The number of rotatable bonds is 15. The maximum absolute atomic E-state index is 6.65. The molecule has 0 aliphatic carbocycles. The lowest BCUT2D eigenvalue weighted by atomic mass is 10.0. The van der Waals surface area contributed by atoms with Crippen molar-refractivity contribution < 1.29 is 23.7 Å². The normalized spacial score (nSPS) is 21.1. The quantitative estimate of drug-likeness (QED) is 0.103. The lowest BCUT2D eigenvalue weighted by Crippen LogP contribution is -2.53. The van der Waals surface area contributed by atoms with Gasteiger partial charge in [-0.1, -0.05) is 123 Å². The molecule has 0 saturated carbocycles. The van der Waals surface area contributed by atoms with Crippen LogP contribution in [0.25, 0.3) is 0 Å². The average Bonchev–Trinajstić information content (AvgIpc) is 3.05. The molecule has 43 heavy (non-hydrogen) atoms. The Morgan fingerprint density at radius 3 is 1.91 bits per heavy atom. The average molecular weight is 600 g/mol. The van der Waals surface area contributed by atoms with E-state index in [4.69, 9.17) is 23.7 Å².